The summed E-state index contributed by atoms with van der Waals surface area (Å²) >= 11 is 0. The Morgan fingerprint density at radius 1 is 1.00 bits per heavy atom. The van der Waals surface area contributed by atoms with Crippen LogP contribution in [-0.4, -0.2) is 98.0 Å². The Kier molecular flexibility index (Phi) is 10.9. The quantitative estimate of drug-likeness (QED) is 0.0801. The van der Waals surface area contributed by atoms with E-state index in [2.05, 4.69) is 15.1 Å². The van der Waals surface area contributed by atoms with E-state index in [1.54, 1.807) is 30.3 Å². The summed E-state index contributed by atoms with van der Waals surface area (Å²) in [4.78, 5) is 25.7. The van der Waals surface area contributed by atoms with Crippen molar-refractivity contribution in [2.75, 3.05) is 27.4 Å². The van der Waals surface area contributed by atoms with E-state index in [4.69, 9.17) is 28.1 Å². The van der Waals surface area contributed by atoms with Crippen LogP contribution in [0.2, 0.25) is 0 Å². The van der Waals surface area contributed by atoms with E-state index < -0.39 is 68.5 Å². The highest BCUT2D eigenvalue weighted by molar-refractivity contribution is 7.91. The van der Waals surface area contributed by atoms with Gasteiger partial charge in [-0.05, 0) is 47.7 Å². The van der Waals surface area contributed by atoms with Gasteiger partial charge in [0.15, 0.2) is 23.0 Å². The first-order valence-corrected chi connectivity index (χ1v) is 17.5. The monoisotopic (exact) mass is 771 g/mol. The Hall–Kier alpha value is -5.93. The average molecular weight is 772 g/mol. The fourth-order valence-corrected chi connectivity index (χ4v) is 6.82. The van der Waals surface area contributed by atoms with Gasteiger partial charge in [0.25, 0.3) is 15.7 Å². The minimum Gasteiger partial charge on any atom is -0.504 e. The van der Waals surface area contributed by atoms with Crippen molar-refractivity contribution in [3.8, 4) is 40.2 Å². The van der Waals surface area contributed by atoms with E-state index in [9.17, 15) is 43.6 Å². The number of carbonyl (C=O) groups is 1. The molecule has 3 heterocycles. The number of ether oxygens (including phenoxy) is 5. The summed E-state index contributed by atoms with van der Waals surface area (Å²) in [6.07, 6.45) is -9.43. The first kappa shape index (κ1) is 37.8. The molecule has 3 aromatic carbocycles. The molecule has 1 fully saturated rings. The van der Waals surface area contributed by atoms with Crippen LogP contribution in [0.1, 0.15) is 6.42 Å². The van der Waals surface area contributed by atoms with Crippen molar-refractivity contribution in [2.24, 2.45) is 0 Å². The van der Waals surface area contributed by atoms with Gasteiger partial charge in [-0.15, -0.1) is 0 Å². The molecule has 2 aromatic heterocycles. The predicted molar refractivity (Wildman–Crippen MR) is 180 cm³/mol. The van der Waals surface area contributed by atoms with Gasteiger partial charge < -0.3 is 59.1 Å². The van der Waals surface area contributed by atoms with Crippen LogP contribution in [0, 0.1) is 5.21 Å². The van der Waals surface area contributed by atoms with Crippen LogP contribution >= 0.6 is 0 Å². The maximum Gasteiger partial charge on any atom is 0.414 e. The summed E-state index contributed by atoms with van der Waals surface area (Å²) in [5.41, 5.74) is -0.262. The number of methoxy groups -OCH3 is 2. The van der Waals surface area contributed by atoms with Gasteiger partial charge in [0.05, 0.1) is 30.9 Å². The molecular weight excluding hydrogens is 738 g/mol. The molecule has 0 aliphatic carbocycles. The first-order valence-electron chi connectivity index (χ1n) is 16.0. The van der Waals surface area contributed by atoms with Crippen molar-refractivity contribution in [3.63, 3.8) is 0 Å². The lowest BCUT2D eigenvalue weighted by atomic mass is 9.98. The van der Waals surface area contributed by atoms with E-state index in [1.165, 1.54) is 50.6 Å². The molecule has 0 spiro atoms. The fourth-order valence-electron chi connectivity index (χ4n) is 5.52. The SMILES string of the molecule is COc1ccc(-c2cc(=O)c3c(O)c(OC)c(O[C@@H]4O[C@H](C(=O)NCCCOc5no[n+]([O-])c5S(=O)(=O)c5ccccc5)[C@@H](O)[C@H](O)[C@H]4O)cc3o2)cc1. The lowest BCUT2D eigenvalue weighted by molar-refractivity contribution is -0.832. The smallest absolute Gasteiger partial charge is 0.414 e. The summed E-state index contributed by atoms with van der Waals surface area (Å²) in [7, 11) is -1.69. The Bertz CT molecular complexity index is 2300. The molecule has 1 aliphatic rings. The third-order valence-corrected chi connectivity index (χ3v) is 10.0. The number of phenolic OH excluding ortho intramolecular Hbond substituents is 1. The van der Waals surface area contributed by atoms with E-state index in [1.807, 2.05) is 0 Å². The summed E-state index contributed by atoms with van der Waals surface area (Å²) < 4.78 is 63.3. The molecule has 6 rings (SSSR count). The molecule has 5 N–H and O–H groups in total. The molecule has 19 nitrogen and oxygen atoms in total. The molecule has 0 bridgehead atoms. The number of phenols is 1. The van der Waals surface area contributed by atoms with Crippen molar-refractivity contribution in [1.82, 2.24) is 10.5 Å². The lowest BCUT2D eigenvalue weighted by Crippen LogP contribution is -2.62. The minimum absolute atomic E-state index is 0.0213. The van der Waals surface area contributed by atoms with Gasteiger partial charge >= 0.3 is 10.9 Å². The summed E-state index contributed by atoms with van der Waals surface area (Å²) in [5.74, 6) is -2.20. The number of nitrogens with zero attached hydrogens (tertiary/aromatic N) is 2. The number of aliphatic hydroxyl groups excluding tert-OH is 3. The summed E-state index contributed by atoms with van der Waals surface area (Å²) in [6.45, 7) is -0.402. The van der Waals surface area contributed by atoms with E-state index in [0.717, 1.165) is 0 Å². The van der Waals surface area contributed by atoms with Gasteiger partial charge in [0.1, 0.15) is 40.8 Å². The molecule has 0 radical (unpaired) electrons. The number of hydrogen-bond acceptors (Lipinski definition) is 17. The number of benzene rings is 3. The maximum absolute atomic E-state index is 13.1. The van der Waals surface area contributed by atoms with E-state index in [-0.39, 0.29) is 57.6 Å². The molecule has 1 aliphatic heterocycles. The first-order chi connectivity index (χ1) is 25.8. The number of sulfone groups is 1. The number of aromatic nitrogens is 2. The highest BCUT2D eigenvalue weighted by Crippen LogP contribution is 2.43. The number of nitrogens with one attached hydrogen (secondary N) is 1. The van der Waals surface area contributed by atoms with Gasteiger partial charge in [-0.2, -0.15) is 0 Å². The average Bonchev–Trinajstić information content (AvgIpc) is 3.55. The number of aromatic hydroxyl groups is 1. The summed E-state index contributed by atoms with van der Waals surface area (Å²) in [5, 5.41) is 59.7. The van der Waals surface area contributed by atoms with Crippen LogP contribution in [0.15, 0.2) is 90.5 Å². The number of fused-ring (bicyclic) bond motifs is 1. The van der Waals surface area contributed by atoms with Gasteiger partial charge in [0, 0.05) is 24.2 Å². The van der Waals surface area contributed by atoms with Crippen molar-refractivity contribution < 1.29 is 71.3 Å². The molecule has 54 heavy (non-hydrogen) atoms. The van der Waals surface area contributed by atoms with Crippen LogP contribution in [0.25, 0.3) is 22.3 Å². The number of amides is 1. The molecule has 20 heteroatoms. The van der Waals surface area contributed by atoms with Crippen LogP contribution in [-0.2, 0) is 19.4 Å². The number of carbonyl (C=O) groups excluding carboxylic acids is 1. The molecule has 1 saturated heterocycles. The van der Waals surface area contributed by atoms with Crippen LogP contribution in [0.3, 0.4) is 0 Å². The highest BCUT2D eigenvalue weighted by Gasteiger charge is 2.48. The van der Waals surface area contributed by atoms with Crippen molar-refractivity contribution in [3.05, 3.63) is 82.2 Å². The van der Waals surface area contributed by atoms with E-state index in [0.29, 0.717) is 11.3 Å². The molecule has 1 amide bonds. The second kappa shape index (κ2) is 15.6. The highest BCUT2D eigenvalue weighted by atomic mass is 32.2. The molecule has 5 aromatic rings. The van der Waals surface area contributed by atoms with Crippen molar-refractivity contribution in [1.29, 1.82) is 0 Å². The zero-order valence-corrected chi connectivity index (χ0v) is 29.2. The zero-order chi connectivity index (χ0) is 38.7. The van der Waals surface area contributed by atoms with Crippen LogP contribution < -0.4 is 34.6 Å². The maximum atomic E-state index is 13.1. The number of rotatable bonds is 13. The number of aliphatic hydroxyl groups is 3. The largest absolute Gasteiger partial charge is 0.504 e. The van der Waals surface area contributed by atoms with Gasteiger partial charge in [-0.1, -0.05) is 18.2 Å². The van der Waals surface area contributed by atoms with Gasteiger partial charge in [0.2, 0.25) is 12.0 Å². The molecule has 5 atom stereocenters. The topological polar surface area (TPSA) is 273 Å². The second-order valence-electron chi connectivity index (χ2n) is 11.7. The van der Waals surface area contributed by atoms with E-state index >= 15 is 0 Å². The Morgan fingerprint density at radius 2 is 1.72 bits per heavy atom. The molecule has 286 valence electrons. The normalized spacial score (nSPS) is 20.0. The number of hydrogen-bond donors (Lipinski definition) is 5. The van der Waals surface area contributed by atoms with Crippen LogP contribution in [0.5, 0.6) is 28.9 Å². The summed E-state index contributed by atoms with van der Waals surface area (Å²) in [6, 6.07) is 16.0. The Balaban J connectivity index is 1.13. The molecule has 0 unspecified atom stereocenters. The lowest BCUT2D eigenvalue weighted by Gasteiger charge is -2.39. The third kappa shape index (κ3) is 7.32. The second-order valence-corrected chi connectivity index (χ2v) is 13.6. The molecule has 0 saturated carbocycles. The van der Waals surface area contributed by atoms with Crippen molar-refractivity contribution >= 4 is 26.7 Å². The predicted octanol–water partition coefficient (Wildman–Crippen LogP) is 0.409. The Labute approximate surface area is 304 Å². The van der Waals surface area contributed by atoms with Gasteiger partial charge in [-0.3, -0.25) is 14.2 Å². The molecular formula is C34H33N3O16S. The zero-order valence-electron chi connectivity index (χ0n) is 28.3. The third-order valence-electron chi connectivity index (χ3n) is 8.28. The van der Waals surface area contributed by atoms with Crippen LogP contribution in [0.4, 0.5) is 0 Å². The minimum atomic E-state index is -4.35. The fraction of sp³-hybridized carbons (Fsp3) is 0.294. The standard InChI is InChI=1S/C34H33N3O16S/c1-47-18-11-9-17(10-12-18)21-15-20(38)24-22(50-21)16-23(29(48-2)25(24)39)51-34-28(42)26(40)27(41)30(52-34)31(43)35-13-6-14-49-32-33(37(44)53-36-32)54(45,46)19-7-4-3-5-8-19/h3-5,7-12,15-16,26-28,30,34,39-42H,6,13-14H2,1-2H3,(H,35,43)/t26-,27-,28+,30-,34+/m0/s1. The van der Waals surface area contributed by atoms with Gasteiger partial charge in [-0.25, -0.2) is 8.42 Å². The van der Waals surface area contributed by atoms with Crippen molar-refractivity contribution in [2.45, 2.75) is 47.0 Å². The Morgan fingerprint density at radius 3 is 2.41 bits per heavy atom.